The van der Waals surface area contributed by atoms with E-state index in [9.17, 15) is 0 Å². The molecule has 1 aromatic carbocycles. The van der Waals surface area contributed by atoms with Crippen LogP contribution in [-0.4, -0.2) is 34.3 Å². The van der Waals surface area contributed by atoms with E-state index in [1.54, 1.807) is 43.3 Å². The molecule has 1 aromatic heterocycles. The molecule has 6 nitrogen and oxygen atoms in total. The predicted molar refractivity (Wildman–Crippen MR) is 60.4 cm³/mol. The summed E-state index contributed by atoms with van der Waals surface area (Å²) in [6, 6.07) is 5.38. The Kier molecular flexibility index (Phi) is 3.24. The summed E-state index contributed by atoms with van der Waals surface area (Å²) in [5, 5.41) is 16.6. The zero-order chi connectivity index (χ0) is 12.3. The van der Waals surface area contributed by atoms with Gasteiger partial charge in [-0.25, -0.2) is 4.68 Å². The zero-order valence-corrected chi connectivity index (χ0v) is 9.62. The fourth-order valence-electron chi connectivity index (χ4n) is 1.42. The lowest BCUT2D eigenvalue weighted by atomic mass is 10.3. The summed E-state index contributed by atoms with van der Waals surface area (Å²) in [4.78, 5) is 0. The van der Waals surface area contributed by atoms with Crippen LogP contribution in [-0.2, 0) is 6.61 Å². The highest BCUT2D eigenvalue weighted by atomic mass is 16.5. The van der Waals surface area contributed by atoms with E-state index in [4.69, 9.17) is 14.6 Å². The van der Waals surface area contributed by atoms with E-state index in [0.717, 1.165) is 5.69 Å². The summed E-state index contributed by atoms with van der Waals surface area (Å²) in [5.41, 5.74) is 1.26. The van der Waals surface area contributed by atoms with E-state index >= 15 is 0 Å². The monoisotopic (exact) mass is 235 g/mol. The molecule has 0 fully saturated rings. The lowest BCUT2D eigenvalue weighted by molar-refractivity contribution is 0.276. The molecule has 0 aliphatic rings. The van der Waals surface area contributed by atoms with Gasteiger partial charge in [0, 0.05) is 18.2 Å². The minimum atomic E-state index is -0.138. The van der Waals surface area contributed by atoms with E-state index in [1.807, 2.05) is 0 Å². The molecule has 0 spiro atoms. The molecule has 2 aromatic rings. The number of aliphatic hydroxyl groups excluding tert-OH is 1. The van der Waals surface area contributed by atoms with Crippen molar-refractivity contribution in [2.45, 2.75) is 6.61 Å². The second-order valence-electron chi connectivity index (χ2n) is 3.38. The Labute approximate surface area is 98.4 Å². The summed E-state index contributed by atoms with van der Waals surface area (Å²) < 4.78 is 11.9. The van der Waals surface area contributed by atoms with Crippen LogP contribution in [0.15, 0.2) is 24.4 Å². The summed E-state index contributed by atoms with van der Waals surface area (Å²) in [5.74, 6) is 1.33. The quantitative estimate of drug-likeness (QED) is 0.848. The Morgan fingerprint density at radius 3 is 2.29 bits per heavy atom. The number of nitrogens with zero attached hydrogens (tertiary/aromatic N) is 3. The maximum atomic E-state index is 8.93. The summed E-state index contributed by atoms with van der Waals surface area (Å²) >= 11 is 0. The third-order valence-electron chi connectivity index (χ3n) is 2.30. The lowest BCUT2D eigenvalue weighted by Crippen LogP contribution is -1.97. The Hall–Kier alpha value is -2.08. The van der Waals surface area contributed by atoms with Gasteiger partial charge in [-0.05, 0) is 0 Å². The first-order valence-electron chi connectivity index (χ1n) is 5.02. The number of methoxy groups -OCH3 is 2. The smallest absolute Gasteiger partial charge is 0.124 e. The zero-order valence-electron chi connectivity index (χ0n) is 9.62. The van der Waals surface area contributed by atoms with Crippen LogP contribution in [0.1, 0.15) is 5.69 Å². The fourth-order valence-corrected chi connectivity index (χ4v) is 1.42. The van der Waals surface area contributed by atoms with Crippen molar-refractivity contribution >= 4 is 0 Å². The number of hydrogen-bond donors (Lipinski definition) is 1. The van der Waals surface area contributed by atoms with Crippen LogP contribution in [0.5, 0.6) is 11.5 Å². The van der Waals surface area contributed by atoms with E-state index in [0.29, 0.717) is 17.2 Å². The van der Waals surface area contributed by atoms with Gasteiger partial charge in [0.15, 0.2) is 0 Å². The molecule has 0 unspecified atom stereocenters. The first-order valence-corrected chi connectivity index (χ1v) is 5.02. The summed E-state index contributed by atoms with van der Waals surface area (Å²) in [6.45, 7) is -0.138. The molecule has 0 saturated heterocycles. The molecule has 0 aliphatic carbocycles. The normalized spacial score (nSPS) is 10.3. The van der Waals surface area contributed by atoms with Gasteiger partial charge in [0.05, 0.1) is 32.7 Å². The van der Waals surface area contributed by atoms with Crippen LogP contribution < -0.4 is 9.47 Å². The van der Waals surface area contributed by atoms with Crippen LogP contribution in [0.3, 0.4) is 0 Å². The van der Waals surface area contributed by atoms with E-state index in [-0.39, 0.29) is 6.61 Å². The molecule has 1 heterocycles. The van der Waals surface area contributed by atoms with E-state index in [1.165, 1.54) is 0 Å². The highest BCUT2D eigenvalue weighted by molar-refractivity contribution is 5.46. The van der Waals surface area contributed by atoms with Crippen molar-refractivity contribution < 1.29 is 14.6 Å². The highest BCUT2D eigenvalue weighted by Gasteiger charge is 2.06. The molecule has 17 heavy (non-hydrogen) atoms. The SMILES string of the molecule is COc1cc(OC)cc(-n2cc(CO)nn2)c1. The molecule has 1 N–H and O–H groups in total. The largest absolute Gasteiger partial charge is 0.497 e. The molecule has 0 radical (unpaired) electrons. The molecule has 90 valence electrons. The summed E-state index contributed by atoms with van der Waals surface area (Å²) in [7, 11) is 3.16. The molecule has 2 rings (SSSR count). The van der Waals surface area contributed by atoms with Gasteiger partial charge in [0.2, 0.25) is 0 Å². The summed E-state index contributed by atoms with van der Waals surface area (Å²) in [6.07, 6.45) is 1.65. The van der Waals surface area contributed by atoms with Crippen LogP contribution >= 0.6 is 0 Å². The van der Waals surface area contributed by atoms with Gasteiger partial charge in [-0.3, -0.25) is 0 Å². The topological polar surface area (TPSA) is 69.4 Å². The third kappa shape index (κ3) is 2.36. The van der Waals surface area contributed by atoms with Gasteiger partial charge >= 0.3 is 0 Å². The molecular formula is C11H13N3O3. The Bertz CT molecular complexity index is 488. The number of rotatable bonds is 4. The van der Waals surface area contributed by atoms with Crippen LogP contribution in [0.2, 0.25) is 0 Å². The van der Waals surface area contributed by atoms with Crippen LogP contribution in [0, 0.1) is 0 Å². The van der Waals surface area contributed by atoms with Crippen molar-refractivity contribution in [1.29, 1.82) is 0 Å². The van der Waals surface area contributed by atoms with Gasteiger partial charge in [-0.15, -0.1) is 5.10 Å². The Morgan fingerprint density at radius 2 is 1.82 bits per heavy atom. The van der Waals surface area contributed by atoms with Gasteiger partial charge in [-0.1, -0.05) is 5.21 Å². The van der Waals surface area contributed by atoms with Crippen molar-refractivity contribution in [3.63, 3.8) is 0 Å². The standard InChI is InChI=1S/C11H13N3O3/c1-16-10-3-9(4-11(5-10)17-2)14-6-8(7-15)12-13-14/h3-6,15H,7H2,1-2H3. The molecule has 0 amide bonds. The molecule has 0 atom stereocenters. The van der Waals surface area contributed by atoms with Crippen LogP contribution in [0.4, 0.5) is 0 Å². The highest BCUT2D eigenvalue weighted by Crippen LogP contribution is 2.24. The van der Waals surface area contributed by atoms with Gasteiger partial charge in [0.25, 0.3) is 0 Å². The Balaban J connectivity index is 2.43. The van der Waals surface area contributed by atoms with Crippen molar-refractivity contribution in [2.24, 2.45) is 0 Å². The van der Waals surface area contributed by atoms with Crippen molar-refractivity contribution in [3.8, 4) is 17.2 Å². The van der Waals surface area contributed by atoms with Gasteiger partial charge < -0.3 is 14.6 Å². The molecule has 0 bridgehead atoms. The number of aliphatic hydroxyl groups is 1. The average Bonchev–Trinajstić information content (AvgIpc) is 2.86. The lowest BCUT2D eigenvalue weighted by Gasteiger charge is -2.07. The molecule has 0 aliphatic heterocycles. The second kappa shape index (κ2) is 4.84. The molecule has 0 saturated carbocycles. The number of hydrogen-bond acceptors (Lipinski definition) is 5. The second-order valence-corrected chi connectivity index (χ2v) is 3.38. The fraction of sp³-hybridized carbons (Fsp3) is 0.273. The molecule has 6 heteroatoms. The Morgan fingerprint density at radius 1 is 1.18 bits per heavy atom. The third-order valence-corrected chi connectivity index (χ3v) is 2.30. The minimum absolute atomic E-state index is 0.138. The maximum Gasteiger partial charge on any atom is 0.124 e. The maximum absolute atomic E-state index is 8.93. The van der Waals surface area contributed by atoms with Crippen LogP contribution in [0.25, 0.3) is 5.69 Å². The number of benzene rings is 1. The first-order chi connectivity index (χ1) is 8.26. The van der Waals surface area contributed by atoms with E-state index in [2.05, 4.69) is 10.3 Å². The minimum Gasteiger partial charge on any atom is -0.497 e. The molecular weight excluding hydrogens is 222 g/mol. The predicted octanol–water partition coefficient (Wildman–Crippen LogP) is 0.777. The number of ether oxygens (including phenoxy) is 2. The van der Waals surface area contributed by atoms with E-state index < -0.39 is 0 Å². The van der Waals surface area contributed by atoms with Gasteiger partial charge in [0.1, 0.15) is 17.2 Å². The average molecular weight is 235 g/mol. The first kappa shape index (κ1) is 11.4. The van der Waals surface area contributed by atoms with Crippen molar-refractivity contribution in [2.75, 3.05) is 14.2 Å². The van der Waals surface area contributed by atoms with Crippen molar-refractivity contribution in [1.82, 2.24) is 15.0 Å². The van der Waals surface area contributed by atoms with Gasteiger partial charge in [-0.2, -0.15) is 0 Å². The number of aromatic nitrogens is 3. The van der Waals surface area contributed by atoms with Crippen molar-refractivity contribution in [3.05, 3.63) is 30.1 Å².